The van der Waals surface area contributed by atoms with E-state index in [2.05, 4.69) is 25.7 Å². The van der Waals surface area contributed by atoms with E-state index in [-0.39, 0.29) is 16.7 Å². The third kappa shape index (κ3) is 3.01. The van der Waals surface area contributed by atoms with E-state index in [0.29, 0.717) is 0 Å². The van der Waals surface area contributed by atoms with Gasteiger partial charge in [0.2, 0.25) is 0 Å². The molecule has 0 amide bonds. The summed E-state index contributed by atoms with van der Waals surface area (Å²) in [5.74, 6) is -0.581. The first kappa shape index (κ1) is 13.1. The van der Waals surface area contributed by atoms with Crippen LogP contribution in [0.3, 0.4) is 0 Å². The van der Waals surface area contributed by atoms with Gasteiger partial charge in [-0.15, -0.1) is 0 Å². The maximum atomic E-state index is 11.2. The lowest BCUT2D eigenvalue weighted by Crippen LogP contribution is -2.21. The minimum absolute atomic E-state index is 0.0980. The first-order chi connectivity index (χ1) is 7.60. The number of hydrogen-bond donors (Lipinski definition) is 2. The fourth-order valence-electron chi connectivity index (χ4n) is 1.12. The quantitative estimate of drug-likeness (QED) is 0.629. The third-order valence-corrected chi connectivity index (χ3v) is 2.65. The monoisotopic (exact) mass is 289 g/mol. The van der Waals surface area contributed by atoms with Crippen molar-refractivity contribution in [2.45, 2.75) is 12.2 Å². The molecule has 0 aliphatic rings. The molecule has 0 aliphatic heterocycles. The van der Waals surface area contributed by atoms with Crippen LogP contribution in [0.5, 0.6) is 0 Å². The summed E-state index contributed by atoms with van der Waals surface area (Å²) in [7, 11) is 1.25. The maximum Gasteiger partial charge on any atom is 0.356 e. The van der Waals surface area contributed by atoms with Gasteiger partial charge in [0.05, 0.1) is 18.9 Å². The highest BCUT2D eigenvalue weighted by Gasteiger charge is 2.19. The van der Waals surface area contributed by atoms with Gasteiger partial charge in [-0.2, -0.15) is 0 Å². The van der Waals surface area contributed by atoms with Crippen LogP contribution in [0.4, 0.5) is 0 Å². The van der Waals surface area contributed by atoms with Crippen LogP contribution in [0.2, 0.25) is 0 Å². The van der Waals surface area contributed by atoms with Crippen molar-refractivity contribution in [3.8, 4) is 0 Å². The van der Waals surface area contributed by atoms with Crippen molar-refractivity contribution in [1.82, 2.24) is 4.98 Å². The van der Waals surface area contributed by atoms with Crippen LogP contribution >= 0.6 is 15.9 Å². The van der Waals surface area contributed by atoms with E-state index in [1.807, 2.05) is 0 Å². The van der Waals surface area contributed by atoms with Crippen LogP contribution in [0, 0.1) is 0 Å². The van der Waals surface area contributed by atoms with Crippen LogP contribution in [0.1, 0.15) is 22.3 Å². The fraction of sp³-hybridized carbons (Fsp3) is 0.400. The van der Waals surface area contributed by atoms with E-state index < -0.39 is 18.2 Å². The Morgan fingerprint density at radius 2 is 2.25 bits per heavy atom. The Morgan fingerprint density at radius 1 is 1.56 bits per heavy atom. The number of carbonyl (C=O) groups is 1. The molecule has 2 unspecified atom stereocenters. The highest BCUT2D eigenvalue weighted by molar-refractivity contribution is 9.09. The molecule has 5 nitrogen and oxygen atoms in total. The molecule has 2 atom stereocenters. The summed E-state index contributed by atoms with van der Waals surface area (Å²) in [6.45, 7) is 0. The van der Waals surface area contributed by atoms with Crippen molar-refractivity contribution < 1.29 is 19.7 Å². The predicted molar refractivity (Wildman–Crippen MR) is 60.3 cm³/mol. The highest BCUT2D eigenvalue weighted by atomic mass is 79.9. The number of pyridine rings is 1. The number of aliphatic hydroxyl groups excluding tert-OH is 2. The molecule has 6 heteroatoms. The third-order valence-electron chi connectivity index (χ3n) is 1.99. The lowest BCUT2D eigenvalue weighted by molar-refractivity contribution is 0.0311. The molecule has 0 saturated carbocycles. The number of alkyl halides is 1. The molecule has 1 heterocycles. The second kappa shape index (κ2) is 5.93. The molecule has 1 rings (SSSR count). The van der Waals surface area contributed by atoms with Gasteiger partial charge in [0.25, 0.3) is 0 Å². The molecule has 16 heavy (non-hydrogen) atoms. The topological polar surface area (TPSA) is 79.7 Å². The number of nitrogens with zero attached hydrogens (tertiary/aromatic N) is 1. The van der Waals surface area contributed by atoms with Gasteiger partial charge in [0.15, 0.2) is 0 Å². The summed E-state index contributed by atoms with van der Waals surface area (Å²) in [6.07, 6.45) is -2.11. The van der Waals surface area contributed by atoms with Gasteiger partial charge >= 0.3 is 5.97 Å². The standard InChI is InChI=1S/C10H12BrNO4/c1-16-10(15)7-4-2-3-6(12-7)9(14)8(13)5-11/h2-4,8-9,13-14H,5H2,1H3. The number of hydrogen-bond acceptors (Lipinski definition) is 5. The zero-order valence-electron chi connectivity index (χ0n) is 8.63. The molecule has 0 spiro atoms. The molecule has 1 aromatic rings. The minimum atomic E-state index is -1.14. The largest absolute Gasteiger partial charge is 0.464 e. The van der Waals surface area contributed by atoms with E-state index in [4.69, 9.17) is 0 Å². The van der Waals surface area contributed by atoms with Crippen molar-refractivity contribution in [3.05, 3.63) is 29.6 Å². The summed E-state index contributed by atoms with van der Waals surface area (Å²) >= 11 is 3.04. The maximum absolute atomic E-state index is 11.2. The van der Waals surface area contributed by atoms with Crippen molar-refractivity contribution >= 4 is 21.9 Å². The molecular formula is C10H12BrNO4. The number of aliphatic hydroxyl groups is 2. The van der Waals surface area contributed by atoms with Gasteiger partial charge in [0.1, 0.15) is 11.8 Å². The number of halogens is 1. The summed E-state index contributed by atoms with van der Waals surface area (Å²) in [4.78, 5) is 15.1. The summed E-state index contributed by atoms with van der Waals surface area (Å²) in [6, 6.07) is 4.57. The average Bonchev–Trinajstić information content (AvgIpc) is 2.36. The highest BCUT2D eigenvalue weighted by Crippen LogP contribution is 2.16. The smallest absolute Gasteiger partial charge is 0.356 e. The molecule has 2 N–H and O–H groups in total. The van der Waals surface area contributed by atoms with Crippen molar-refractivity contribution in [1.29, 1.82) is 0 Å². The number of esters is 1. The van der Waals surface area contributed by atoms with E-state index in [0.717, 1.165) is 0 Å². The molecule has 0 radical (unpaired) electrons. The molecule has 0 aliphatic carbocycles. The summed E-state index contributed by atoms with van der Waals surface area (Å²) in [5.41, 5.74) is 0.329. The summed E-state index contributed by atoms with van der Waals surface area (Å²) in [5, 5.41) is 19.3. The second-order valence-electron chi connectivity index (χ2n) is 3.11. The van der Waals surface area contributed by atoms with Crippen LogP contribution in [0.15, 0.2) is 18.2 Å². The molecule has 88 valence electrons. The van der Waals surface area contributed by atoms with Gasteiger partial charge in [0, 0.05) is 5.33 Å². The second-order valence-corrected chi connectivity index (χ2v) is 3.75. The van der Waals surface area contributed by atoms with E-state index in [1.54, 1.807) is 6.07 Å². The first-order valence-electron chi connectivity index (χ1n) is 4.57. The van der Waals surface area contributed by atoms with Crippen molar-refractivity contribution in [2.24, 2.45) is 0 Å². The first-order valence-corrected chi connectivity index (χ1v) is 5.69. The number of carbonyl (C=O) groups excluding carboxylic acids is 1. The van der Waals surface area contributed by atoms with E-state index in [1.165, 1.54) is 19.2 Å². The van der Waals surface area contributed by atoms with Crippen molar-refractivity contribution in [2.75, 3.05) is 12.4 Å². The van der Waals surface area contributed by atoms with Crippen LogP contribution < -0.4 is 0 Å². The molecule has 0 aromatic carbocycles. The minimum Gasteiger partial charge on any atom is -0.464 e. The summed E-state index contributed by atoms with van der Waals surface area (Å²) < 4.78 is 4.50. The van der Waals surface area contributed by atoms with Crippen LogP contribution in [-0.2, 0) is 4.74 Å². The number of methoxy groups -OCH3 is 1. The number of aromatic nitrogens is 1. The Bertz CT molecular complexity index is 372. The van der Waals surface area contributed by atoms with Gasteiger partial charge in [-0.25, -0.2) is 9.78 Å². The van der Waals surface area contributed by atoms with Gasteiger partial charge in [-0.3, -0.25) is 0 Å². The predicted octanol–water partition coefficient (Wildman–Crippen LogP) is 0.657. The SMILES string of the molecule is COC(=O)c1cccc(C(O)C(O)CBr)n1. The average molecular weight is 290 g/mol. The normalized spacial score (nSPS) is 14.2. The fourth-order valence-corrected chi connectivity index (χ4v) is 1.47. The van der Waals surface area contributed by atoms with Crippen LogP contribution in [0.25, 0.3) is 0 Å². The molecule has 0 fully saturated rings. The van der Waals surface area contributed by atoms with E-state index >= 15 is 0 Å². The lowest BCUT2D eigenvalue weighted by atomic mass is 10.1. The molecular weight excluding hydrogens is 278 g/mol. The Balaban J connectivity index is 2.94. The molecule has 1 aromatic heterocycles. The number of ether oxygens (including phenoxy) is 1. The van der Waals surface area contributed by atoms with Gasteiger partial charge in [-0.05, 0) is 12.1 Å². The van der Waals surface area contributed by atoms with Gasteiger partial charge < -0.3 is 14.9 Å². The van der Waals surface area contributed by atoms with Gasteiger partial charge in [-0.1, -0.05) is 22.0 Å². The van der Waals surface area contributed by atoms with E-state index in [9.17, 15) is 15.0 Å². The Kier molecular flexibility index (Phi) is 4.85. The Morgan fingerprint density at radius 3 is 2.81 bits per heavy atom. The van der Waals surface area contributed by atoms with Crippen LogP contribution in [-0.4, -0.2) is 39.7 Å². The zero-order valence-corrected chi connectivity index (χ0v) is 10.2. The van der Waals surface area contributed by atoms with Crippen molar-refractivity contribution in [3.63, 3.8) is 0 Å². The lowest BCUT2D eigenvalue weighted by Gasteiger charge is -2.15. The zero-order chi connectivity index (χ0) is 12.1. The molecule has 0 saturated heterocycles. The Hall–Kier alpha value is -0.980. The molecule has 0 bridgehead atoms. The Labute approximate surface area is 101 Å². The number of rotatable bonds is 4.